The number of imide groups is 1. The van der Waals surface area contributed by atoms with Crippen molar-refractivity contribution >= 4 is 23.7 Å². The average molecular weight is 447 g/mol. The lowest BCUT2D eigenvalue weighted by Gasteiger charge is -2.16. The fraction of sp³-hybridized carbons (Fsp3) is 0.174. The molecule has 0 aliphatic carbocycles. The van der Waals surface area contributed by atoms with Gasteiger partial charge in [-0.3, -0.25) is 30.1 Å². The molecule has 1 aromatic heterocycles. The van der Waals surface area contributed by atoms with Gasteiger partial charge >= 0.3 is 0 Å². The largest absolute Gasteiger partial charge is 0.493 e. The molecule has 4 rings (SSSR count). The second-order valence-corrected chi connectivity index (χ2v) is 7.01. The maximum atomic E-state index is 12.9. The van der Waals surface area contributed by atoms with E-state index in [9.17, 15) is 14.4 Å². The molecule has 1 aliphatic heterocycles. The summed E-state index contributed by atoms with van der Waals surface area (Å²) in [6.07, 6.45) is 1.48. The Morgan fingerprint density at radius 3 is 2.45 bits per heavy atom. The number of carbonyl (C=O) groups is 3. The van der Waals surface area contributed by atoms with E-state index in [1.807, 2.05) is 0 Å². The summed E-state index contributed by atoms with van der Waals surface area (Å²) in [5.74, 6) is -0.411. The number of aromatic nitrogens is 2. The van der Waals surface area contributed by atoms with Crippen molar-refractivity contribution in [2.45, 2.75) is 13.5 Å². The second kappa shape index (κ2) is 9.35. The SMILES string of the molecule is CCOc1ccc(CN2C(=O)c3ccccc3C2=O)cc1C(=O)NNc1nccc(OC)n1. The highest BCUT2D eigenvalue weighted by molar-refractivity contribution is 6.21. The Bertz CT molecular complexity index is 1190. The highest BCUT2D eigenvalue weighted by atomic mass is 16.5. The molecule has 0 spiro atoms. The Hall–Kier alpha value is -4.47. The van der Waals surface area contributed by atoms with E-state index in [0.29, 0.717) is 34.9 Å². The van der Waals surface area contributed by atoms with Crippen molar-refractivity contribution in [2.24, 2.45) is 0 Å². The van der Waals surface area contributed by atoms with Gasteiger partial charge in [-0.2, -0.15) is 4.98 Å². The van der Waals surface area contributed by atoms with Gasteiger partial charge in [0, 0.05) is 12.3 Å². The van der Waals surface area contributed by atoms with E-state index in [4.69, 9.17) is 9.47 Å². The number of hydrogen-bond acceptors (Lipinski definition) is 8. The van der Waals surface area contributed by atoms with E-state index in [0.717, 1.165) is 4.90 Å². The van der Waals surface area contributed by atoms with Crippen molar-refractivity contribution in [2.75, 3.05) is 19.1 Å². The molecule has 168 valence electrons. The summed E-state index contributed by atoms with van der Waals surface area (Å²) in [5.41, 5.74) is 6.71. The van der Waals surface area contributed by atoms with Gasteiger partial charge in [-0.05, 0) is 36.8 Å². The molecule has 1 aliphatic rings. The van der Waals surface area contributed by atoms with Crippen molar-refractivity contribution in [3.05, 3.63) is 77.0 Å². The number of ether oxygens (including phenoxy) is 2. The second-order valence-electron chi connectivity index (χ2n) is 7.01. The molecular weight excluding hydrogens is 426 g/mol. The van der Waals surface area contributed by atoms with E-state index in [1.165, 1.54) is 13.3 Å². The first-order valence-electron chi connectivity index (χ1n) is 10.2. The van der Waals surface area contributed by atoms with E-state index in [2.05, 4.69) is 20.8 Å². The van der Waals surface area contributed by atoms with Crippen LogP contribution >= 0.6 is 0 Å². The number of hydrogen-bond donors (Lipinski definition) is 2. The van der Waals surface area contributed by atoms with Gasteiger partial charge in [0.15, 0.2) is 0 Å². The highest BCUT2D eigenvalue weighted by Crippen LogP contribution is 2.26. The van der Waals surface area contributed by atoms with Gasteiger partial charge in [0.2, 0.25) is 11.8 Å². The predicted octanol–water partition coefficient (Wildman–Crippen LogP) is 2.44. The van der Waals surface area contributed by atoms with Crippen LogP contribution in [0.25, 0.3) is 0 Å². The standard InChI is InChI=1S/C23H21N5O5/c1-3-33-18-9-8-14(13-28-21(30)15-6-4-5-7-16(15)22(28)31)12-17(18)20(29)26-27-23-24-11-10-19(25-23)32-2/h4-12H,3,13H2,1-2H3,(H,26,29)(H,24,25,27). The van der Waals surface area contributed by atoms with Crippen LogP contribution < -0.4 is 20.3 Å². The third-order valence-electron chi connectivity index (χ3n) is 4.93. The van der Waals surface area contributed by atoms with Gasteiger partial charge in [-0.25, -0.2) is 4.98 Å². The van der Waals surface area contributed by atoms with Gasteiger partial charge in [-0.1, -0.05) is 18.2 Å². The van der Waals surface area contributed by atoms with Gasteiger partial charge < -0.3 is 9.47 Å². The summed E-state index contributed by atoms with van der Waals surface area (Å²) < 4.78 is 10.6. The van der Waals surface area contributed by atoms with Gasteiger partial charge in [0.05, 0.1) is 37.0 Å². The number of carbonyl (C=O) groups excluding carboxylic acids is 3. The van der Waals surface area contributed by atoms with Gasteiger partial charge in [0.1, 0.15) is 5.75 Å². The van der Waals surface area contributed by atoms with Crippen LogP contribution in [0.5, 0.6) is 11.6 Å². The zero-order valence-electron chi connectivity index (χ0n) is 18.0. The first-order valence-corrected chi connectivity index (χ1v) is 10.2. The summed E-state index contributed by atoms with van der Waals surface area (Å²) in [6, 6.07) is 13.2. The van der Waals surface area contributed by atoms with Crippen LogP contribution in [0.3, 0.4) is 0 Å². The van der Waals surface area contributed by atoms with E-state index < -0.39 is 5.91 Å². The molecule has 0 radical (unpaired) electrons. The first-order chi connectivity index (χ1) is 16.0. The van der Waals surface area contributed by atoms with Crippen molar-refractivity contribution in [1.82, 2.24) is 20.3 Å². The van der Waals surface area contributed by atoms with Crippen LogP contribution in [0.1, 0.15) is 43.6 Å². The average Bonchev–Trinajstić information content (AvgIpc) is 3.08. The number of fused-ring (bicyclic) bond motifs is 1. The van der Waals surface area contributed by atoms with Gasteiger partial charge in [0.25, 0.3) is 17.7 Å². The molecule has 3 aromatic rings. The predicted molar refractivity (Wildman–Crippen MR) is 118 cm³/mol. The third-order valence-corrected chi connectivity index (χ3v) is 4.93. The summed E-state index contributed by atoms with van der Waals surface area (Å²) in [5, 5.41) is 0. The van der Waals surface area contributed by atoms with E-state index >= 15 is 0 Å². The zero-order chi connectivity index (χ0) is 23.4. The molecule has 3 amide bonds. The number of rotatable bonds is 8. The van der Waals surface area contributed by atoms with Crippen LogP contribution in [0.2, 0.25) is 0 Å². The minimum atomic E-state index is -0.505. The maximum Gasteiger partial charge on any atom is 0.273 e. The Morgan fingerprint density at radius 2 is 1.79 bits per heavy atom. The summed E-state index contributed by atoms with van der Waals surface area (Å²) in [7, 11) is 1.47. The van der Waals surface area contributed by atoms with Crippen molar-refractivity contribution < 1.29 is 23.9 Å². The summed E-state index contributed by atoms with van der Waals surface area (Å²) in [4.78, 5) is 47.5. The quantitative estimate of drug-likeness (QED) is 0.399. The van der Waals surface area contributed by atoms with Gasteiger partial charge in [-0.15, -0.1) is 0 Å². The lowest BCUT2D eigenvalue weighted by Crippen LogP contribution is -2.31. The molecule has 0 saturated heterocycles. The maximum absolute atomic E-state index is 12.9. The lowest BCUT2D eigenvalue weighted by molar-refractivity contribution is 0.0642. The number of anilines is 1. The fourth-order valence-corrected chi connectivity index (χ4v) is 3.40. The van der Waals surface area contributed by atoms with Crippen molar-refractivity contribution in [1.29, 1.82) is 0 Å². The molecular formula is C23H21N5O5. The molecule has 2 aromatic carbocycles. The third kappa shape index (κ3) is 4.45. The molecule has 0 saturated carbocycles. The lowest BCUT2D eigenvalue weighted by atomic mass is 10.1. The monoisotopic (exact) mass is 447 g/mol. The minimum absolute atomic E-state index is 0.0193. The first kappa shape index (κ1) is 21.8. The Labute approximate surface area is 189 Å². The molecule has 0 bridgehead atoms. The van der Waals surface area contributed by atoms with E-state index in [-0.39, 0.29) is 29.9 Å². The Morgan fingerprint density at radius 1 is 1.06 bits per heavy atom. The van der Waals surface area contributed by atoms with Crippen LogP contribution in [-0.4, -0.2) is 46.3 Å². The number of nitrogens with zero attached hydrogens (tertiary/aromatic N) is 3. The molecule has 0 atom stereocenters. The normalized spacial score (nSPS) is 12.4. The van der Waals surface area contributed by atoms with Crippen LogP contribution in [0, 0.1) is 0 Å². The highest BCUT2D eigenvalue weighted by Gasteiger charge is 2.35. The molecule has 2 heterocycles. The molecule has 0 unspecified atom stereocenters. The summed E-state index contributed by atoms with van der Waals surface area (Å²) >= 11 is 0. The Kier molecular flexibility index (Phi) is 6.16. The minimum Gasteiger partial charge on any atom is -0.493 e. The number of benzene rings is 2. The molecule has 10 heteroatoms. The number of methoxy groups -OCH3 is 1. The fourth-order valence-electron chi connectivity index (χ4n) is 3.40. The number of amides is 3. The topological polar surface area (TPSA) is 123 Å². The van der Waals surface area contributed by atoms with Crippen molar-refractivity contribution in [3.63, 3.8) is 0 Å². The van der Waals surface area contributed by atoms with Crippen LogP contribution in [0.4, 0.5) is 5.95 Å². The Balaban J connectivity index is 1.54. The molecule has 10 nitrogen and oxygen atoms in total. The molecule has 33 heavy (non-hydrogen) atoms. The summed E-state index contributed by atoms with van der Waals surface area (Å²) in [6.45, 7) is 2.17. The molecule has 0 fully saturated rings. The van der Waals surface area contributed by atoms with Crippen LogP contribution in [0.15, 0.2) is 54.7 Å². The smallest absolute Gasteiger partial charge is 0.273 e. The molecule has 2 N–H and O–H groups in total. The van der Waals surface area contributed by atoms with Crippen LogP contribution in [-0.2, 0) is 6.54 Å². The van der Waals surface area contributed by atoms with Crippen molar-refractivity contribution in [3.8, 4) is 11.6 Å². The zero-order valence-corrected chi connectivity index (χ0v) is 18.0. The number of hydrazine groups is 1. The number of nitrogens with one attached hydrogen (secondary N) is 2. The van der Waals surface area contributed by atoms with E-state index in [1.54, 1.807) is 55.5 Å².